The monoisotopic (exact) mass is 365 g/mol. The van der Waals surface area contributed by atoms with Crippen molar-refractivity contribution in [2.24, 2.45) is 5.92 Å². The normalized spacial score (nSPS) is 12.2. The first-order valence-corrected chi connectivity index (χ1v) is 7.97. The molecule has 0 aliphatic carbocycles. The molecule has 0 bridgehead atoms. The van der Waals surface area contributed by atoms with Crippen molar-refractivity contribution in [1.29, 1.82) is 0 Å². The van der Waals surface area contributed by atoms with Crippen LogP contribution in [0.15, 0.2) is 53.0 Å². The molecule has 0 saturated carbocycles. The van der Waals surface area contributed by atoms with Gasteiger partial charge >= 0.3 is 0 Å². The van der Waals surface area contributed by atoms with Gasteiger partial charge < -0.3 is 5.32 Å². The van der Waals surface area contributed by atoms with Crippen molar-refractivity contribution >= 4 is 33.4 Å². The number of carbonyl (C=O) groups is 1. The molecule has 0 saturated heterocycles. The Morgan fingerprint density at radius 1 is 1.14 bits per heavy atom. The predicted octanol–water partition coefficient (Wildman–Crippen LogP) is 5.23. The first-order chi connectivity index (χ1) is 9.99. The number of rotatable bonds is 4. The lowest BCUT2D eigenvalue weighted by Gasteiger charge is -2.23. The first kappa shape index (κ1) is 16.1. The van der Waals surface area contributed by atoms with E-state index < -0.39 is 0 Å². The smallest absolute Gasteiger partial charge is 0.253 e. The van der Waals surface area contributed by atoms with E-state index >= 15 is 0 Å². The predicted molar refractivity (Wildman–Crippen MR) is 90.6 cm³/mol. The molecule has 1 atom stereocenters. The first-order valence-electron chi connectivity index (χ1n) is 6.80. The van der Waals surface area contributed by atoms with E-state index in [9.17, 15) is 4.79 Å². The Labute approximate surface area is 138 Å². The second kappa shape index (κ2) is 7.10. The third-order valence-electron chi connectivity index (χ3n) is 3.28. The summed E-state index contributed by atoms with van der Waals surface area (Å²) in [6.07, 6.45) is 0. The Morgan fingerprint density at radius 2 is 1.81 bits per heavy atom. The van der Waals surface area contributed by atoms with E-state index in [4.69, 9.17) is 11.6 Å². The molecule has 0 aliphatic rings. The van der Waals surface area contributed by atoms with Crippen molar-refractivity contribution in [3.05, 3.63) is 69.2 Å². The van der Waals surface area contributed by atoms with Gasteiger partial charge in [0.05, 0.1) is 16.6 Å². The van der Waals surface area contributed by atoms with Crippen molar-refractivity contribution in [2.45, 2.75) is 19.9 Å². The van der Waals surface area contributed by atoms with Gasteiger partial charge in [-0.05, 0) is 29.7 Å². The van der Waals surface area contributed by atoms with Crippen molar-refractivity contribution in [2.75, 3.05) is 0 Å². The zero-order valence-corrected chi connectivity index (χ0v) is 14.3. The van der Waals surface area contributed by atoms with E-state index in [0.717, 1.165) is 10.0 Å². The topological polar surface area (TPSA) is 29.1 Å². The van der Waals surface area contributed by atoms with Crippen LogP contribution in [0.3, 0.4) is 0 Å². The molecule has 0 spiro atoms. The van der Waals surface area contributed by atoms with Gasteiger partial charge in [-0.15, -0.1) is 0 Å². The van der Waals surface area contributed by atoms with Gasteiger partial charge in [-0.25, -0.2) is 0 Å². The van der Waals surface area contributed by atoms with Crippen LogP contribution in [0.1, 0.15) is 35.8 Å². The fourth-order valence-electron chi connectivity index (χ4n) is 2.19. The highest BCUT2D eigenvalue weighted by Gasteiger charge is 2.20. The van der Waals surface area contributed by atoms with Gasteiger partial charge in [0, 0.05) is 4.47 Å². The summed E-state index contributed by atoms with van der Waals surface area (Å²) in [5.41, 5.74) is 1.57. The molecule has 0 heterocycles. The largest absolute Gasteiger partial charge is 0.345 e. The van der Waals surface area contributed by atoms with Crippen LogP contribution < -0.4 is 5.32 Å². The SMILES string of the molecule is CC(C)C(NC(=O)c1cc(Br)ccc1Cl)c1ccccc1. The second-order valence-corrected chi connectivity index (χ2v) is 6.55. The summed E-state index contributed by atoms with van der Waals surface area (Å²) in [5.74, 6) is 0.117. The number of hydrogen-bond acceptors (Lipinski definition) is 1. The van der Waals surface area contributed by atoms with Crippen LogP contribution in [0.25, 0.3) is 0 Å². The van der Waals surface area contributed by atoms with Crippen LogP contribution in [0, 0.1) is 5.92 Å². The van der Waals surface area contributed by atoms with E-state index in [1.807, 2.05) is 36.4 Å². The zero-order valence-electron chi connectivity index (χ0n) is 11.9. The van der Waals surface area contributed by atoms with Crippen LogP contribution in [0.4, 0.5) is 0 Å². The van der Waals surface area contributed by atoms with Crippen LogP contribution in [-0.4, -0.2) is 5.91 Å². The van der Waals surface area contributed by atoms with E-state index in [-0.39, 0.29) is 17.9 Å². The lowest BCUT2D eigenvalue weighted by molar-refractivity contribution is 0.0925. The average molecular weight is 367 g/mol. The molecule has 2 rings (SSSR count). The minimum Gasteiger partial charge on any atom is -0.345 e. The average Bonchev–Trinajstić information content (AvgIpc) is 2.47. The van der Waals surface area contributed by atoms with Gasteiger partial charge in [0.15, 0.2) is 0 Å². The maximum atomic E-state index is 12.5. The van der Waals surface area contributed by atoms with Gasteiger partial charge in [0.25, 0.3) is 5.91 Å². The number of benzene rings is 2. The summed E-state index contributed by atoms with van der Waals surface area (Å²) >= 11 is 9.48. The molecule has 4 heteroatoms. The Kier molecular flexibility index (Phi) is 5.43. The molecule has 0 fully saturated rings. The van der Waals surface area contributed by atoms with Gasteiger partial charge in [0.1, 0.15) is 0 Å². The van der Waals surface area contributed by atoms with E-state index in [0.29, 0.717) is 10.6 Å². The Bertz CT molecular complexity index is 628. The summed E-state index contributed by atoms with van der Waals surface area (Å²) in [6.45, 7) is 4.17. The summed E-state index contributed by atoms with van der Waals surface area (Å²) in [7, 11) is 0. The molecule has 0 aliphatic heterocycles. The number of halogens is 2. The highest BCUT2D eigenvalue weighted by atomic mass is 79.9. The standard InChI is InChI=1S/C17H17BrClNO/c1-11(2)16(12-6-4-3-5-7-12)20-17(21)14-10-13(18)8-9-15(14)19/h3-11,16H,1-2H3,(H,20,21). The third-order valence-corrected chi connectivity index (χ3v) is 4.11. The molecular formula is C17H17BrClNO. The van der Waals surface area contributed by atoms with Gasteiger partial charge in [-0.2, -0.15) is 0 Å². The van der Waals surface area contributed by atoms with Crippen molar-refractivity contribution < 1.29 is 4.79 Å². The molecule has 1 N–H and O–H groups in total. The summed E-state index contributed by atoms with van der Waals surface area (Å²) in [5, 5.41) is 3.52. The van der Waals surface area contributed by atoms with Crippen molar-refractivity contribution in [3.8, 4) is 0 Å². The Morgan fingerprint density at radius 3 is 2.43 bits per heavy atom. The molecular weight excluding hydrogens is 350 g/mol. The number of amides is 1. The highest BCUT2D eigenvalue weighted by molar-refractivity contribution is 9.10. The molecule has 0 aromatic heterocycles. The van der Waals surface area contributed by atoms with Crippen molar-refractivity contribution in [3.63, 3.8) is 0 Å². The molecule has 1 unspecified atom stereocenters. The minimum absolute atomic E-state index is 0.0475. The van der Waals surface area contributed by atoms with Crippen LogP contribution in [0.2, 0.25) is 5.02 Å². The third kappa shape index (κ3) is 4.08. The Balaban J connectivity index is 2.25. The van der Waals surface area contributed by atoms with E-state index in [2.05, 4.69) is 35.1 Å². The lowest BCUT2D eigenvalue weighted by atomic mass is 9.95. The van der Waals surface area contributed by atoms with E-state index in [1.165, 1.54) is 0 Å². The van der Waals surface area contributed by atoms with Gasteiger partial charge in [-0.3, -0.25) is 4.79 Å². The quantitative estimate of drug-likeness (QED) is 0.788. The molecule has 0 radical (unpaired) electrons. The van der Waals surface area contributed by atoms with Gasteiger partial charge in [0.2, 0.25) is 0 Å². The number of carbonyl (C=O) groups excluding carboxylic acids is 1. The van der Waals surface area contributed by atoms with E-state index in [1.54, 1.807) is 12.1 Å². The Hall–Kier alpha value is -1.32. The molecule has 1 amide bonds. The fraction of sp³-hybridized carbons (Fsp3) is 0.235. The molecule has 110 valence electrons. The fourth-order valence-corrected chi connectivity index (χ4v) is 2.75. The number of nitrogens with one attached hydrogen (secondary N) is 1. The van der Waals surface area contributed by atoms with Crippen molar-refractivity contribution in [1.82, 2.24) is 5.32 Å². The van der Waals surface area contributed by atoms with Crippen LogP contribution >= 0.6 is 27.5 Å². The lowest BCUT2D eigenvalue weighted by Crippen LogP contribution is -2.31. The second-order valence-electron chi connectivity index (χ2n) is 5.23. The maximum absolute atomic E-state index is 12.5. The van der Waals surface area contributed by atoms with Crippen LogP contribution in [0.5, 0.6) is 0 Å². The summed E-state index contributed by atoms with van der Waals surface area (Å²) in [6, 6.07) is 15.2. The number of hydrogen-bond donors (Lipinski definition) is 1. The molecule has 2 aromatic rings. The summed E-state index contributed by atoms with van der Waals surface area (Å²) < 4.78 is 0.831. The highest BCUT2D eigenvalue weighted by Crippen LogP contribution is 2.25. The zero-order chi connectivity index (χ0) is 15.4. The maximum Gasteiger partial charge on any atom is 0.253 e. The summed E-state index contributed by atoms with van der Waals surface area (Å²) in [4.78, 5) is 12.5. The minimum atomic E-state index is -0.163. The molecule has 21 heavy (non-hydrogen) atoms. The molecule has 2 nitrogen and oxygen atoms in total. The van der Waals surface area contributed by atoms with Crippen LogP contribution in [-0.2, 0) is 0 Å². The van der Waals surface area contributed by atoms with Gasteiger partial charge in [-0.1, -0.05) is 71.7 Å². The molecule has 2 aromatic carbocycles.